The van der Waals surface area contributed by atoms with E-state index in [4.69, 9.17) is 4.74 Å². The molecule has 2 rings (SSSR count). The Kier molecular flexibility index (Phi) is 7.22. The summed E-state index contributed by atoms with van der Waals surface area (Å²) >= 11 is 1.14. The lowest BCUT2D eigenvalue weighted by atomic mass is 9.99. The van der Waals surface area contributed by atoms with Crippen molar-refractivity contribution < 1.29 is 23.5 Å². The Morgan fingerprint density at radius 3 is 2.62 bits per heavy atom. The van der Waals surface area contributed by atoms with Gasteiger partial charge in [-0.3, -0.25) is 14.5 Å². The standard InChI is InChI=1S/C20H22FN3O4S/c1-5-20(3,18(27)28-4)23-17(26)11-10-14-12-29-19(22-14)24(13(2)25)16-9-7-6-8-15(16)21/h6-12H,5H2,1-4H3,(H,23,26)/b11-10+. The van der Waals surface area contributed by atoms with E-state index in [1.54, 1.807) is 25.3 Å². The Bertz CT molecular complexity index is 943. The lowest BCUT2D eigenvalue weighted by Gasteiger charge is -2.25. The van der Waals surface area contributed by atoms with Gasteiger partial charge in [-0.25, -0.2) is 14.2 Å². The highest BCUT2D eigenvalue weighted by Gasteiger charge is 2.33. The molecule has 0 aliphatic rings. The molecule has 1 aromatic carbocycles. The fourth-order valence-corrected chi connectivity index (χ4v) is 3.33. The number of benzene rings is 1. The molecule has 0 saturated heterocycles. The fraction of sp³-hybridized carbons (Fsp3) is 0.300. The van der Waals surface area contributed by atoms with Crippen LogP contribution in [0, 0.1) is 5.82 Å². The molecular weight excluding hydrogens is 397 g/mol. The minimum Gasteiger partial charge on any atom is -0.467 e. The summed E-state index contributed by atoms with van der Waals surface area (Å²) in [6, 6.07) is 5.90. The summed E-state index contributed by atoms with van der Waals surface area (Å²) in [6.07, 6.45) is 3.04. The molecule has 1 atom stereocenters. The first-order valence-electron chi connectivity index (χ1n) is 8.81. The average Bonchev–Trinajstić information content (AvgIpc) is 3.15. The van der Waals surface area contributed by atoms with Gasteiger partial charge in [0.25, 0.3) is 0 Å². The number of hydrogen-bond donors (Lipinski definition) is 1. The molecule has 0 saturated carbocycles. The highest BCUT2D eigenvalue weighted by atomic mass is 32.1. The van der Waals surface area contributed by atoms with Crippen LogP contribution in [0.4, 0.5) is 15.2 Å². The average molecular weight is 419 g/mol. The lowest BCUT2D eigenvalue weighted by Crippen LogP contribution is -2.51. The fourth-order valence-electron chi connectivity index (χ4n) is 2.48. The second kappa shape index (κ2) is 9.42. The maximum atomic E-state index is 14.1. The molecule has 1 unspecified atom stereocenters. The van der Waals surface area contributed by atoms with Gasteiger partial charge in [-0.15, -0.1) is 11.3 Å². The molecule has 0 radical (unpaired) electrons. The van der Waals surface area contributed by atoms with Crippen molar-refractivity contribution in [2.45, 2.75) is 32.7 Å². The van der Waals surface area contributed by atoms with Crippen LogP contribution in [0.25, 0.3) is 6.08 Å². The lowest BCUT2D eigenvalue weighted by molar-refractivity contribution is -0.149. The van der Waals surface area contributed by atoms with Crippen molar-refractivity contribution in [3.05, 3.63) is 47.2 Å². The number of aromatic nitrogens is 1. The number of amides is 2. The van der Waals surface area contributed by atoms with E-state index in [-0.39, 0.29) is 10.8 Å². The molecule has 2 amide bonds. The van der Waals surface area contributed by atoms with Gasteiger partial charge in [0.2, 0.25) is 11.8 Å². The molecule has 2 aromatic rings. The number of ether oxygens (including phenoxy) is 1. The number of anilines is 2. The minimum atomic E-state index is -1.14. The van der Waals surface area contributed by atoms with Gasteiger partial charge in [0, 0.05) is 18.4 Å². The highest BCUT2D eigenvalue weighted by molar-refractivity contribution is 7.14. The number of rotatable bonds is 7. The third kappa shape index (κ3) is 5.26. The number of hydrogen-bond acceptors (Lipinski definition) is 6. The molecule has 9 heteroatoms. The number of nitrogens with one attached hydrogen (secondary N) is 1. The van der Waals surface area contributed by atoms with E-state index < -0.39 is 29.1 Å². The summed E-state index contributed by atoms with van der Waals surface area (Å²) in [5.41, 5.74) is -0.627. The number of carbonyl (C=O) groups excluding carboxylic acids is 3. The topological polar surface area (TPSA) is 88.6 Å². The summed E-state index contributed by atoms with van der Waals surface area (Å²) in [5, 5.41) is 4.51. The van der Waals surface area contributed by atoms with Crippen molar-refractivity contribution in [3.63, 3.8) is 0 Å². The van der Waals surface area contributed by atoms with Gasteiger partial charge >= 0.3 is 5.97 Å². The molecule has 1 aromatic heterocycles. The Morgan fingerprint density at radius 1 is 1.34 bits per heavy atom. The molecular formula is C20H22FN3O4S. The van der Waals surface area contributed by atoms with Crippen LogP contribution >= 0.6 is 11.3 Å². The maximum absolute atomic E-state index is 14.1. The van der Waals surface area contributed by atoms with Crippen LogP contribution < -0.4 is 10.2 Å². The van der Waals surface area contributed by atoms with Crippen LogP contribution in [0.1, 0.15) is 32.9 Å². The third-order valence-corrected chi connectivity index (χ3v) is 5.10. The van der Waals surface area contributed by atoms with Crippen LogP contribution in [-0.4, -0.2) is 35.4 Å². The first kappa shape index (κ1) is 22.2. The summed E-state index contributed by atoms with van der Waals surface area (Å²) < 4.78 is 18.8. The first-order valence-corrected chi connectivity index (χ1v) is 9.69. The Balaban J connectivity index is 2.19. The van der Waals surface area contributed by atoms with Crippen molar-refractivity contribution >= 4 is 46.0 Å². The molecule has 0 aliphatic carbocycles. The van der Waals surface area contributed by atoms with E-state index >= 15 is 0 Å². The number of thiazole rings is 1. The number of nitrogens with zero attached hydrogens (tertiary/aromatic N) is 2. The van der Waals surface area contributed by atoms with Gasteiger partial charge in [0.05, 0.1) is 18.5 Å². The van der Waals surface area contributed by atoms with Gasteiger partial charge in [-0.05, 0) is 31.6 Å². The van der Waals surface area contributed by atoms with Crippen molar-refractivity contribution in [3.8, 4) is 0 Å². The van der Waals surface area contributed by atoms with Gasteiger partial charge in [0.1, 0.15) is 11.4 Å². The predicted molar refractivity (Wildman–Crippen MR) is 109 cm³/mol. The van der Waals surface area contributed by atoms with Gasteiger partial charge < -0.3 is 10.1 Å². The second-order valence-electron chi connectivity index (χ2n) is 6.36. The van der Waals surface area contributed by atoms with Crippen molar-refractivity contribution in [1.82, 2.24) is 10.3 Å². The Labute approximate surface area is 172 Å². The van der Waals surface area contributed by atoms with Crippen molar-refractivity contribution in [1.29, 1.82) is 0 Å². The predicted octanol–water partition coefficient (Wildman–Crippen LogP) is 3.44. The number of methoxy groups -OCH3 is 1. The van der Waals surface area contributed by atoms with Gasteiger partial charge in [-0.2, -0.15) is 0 Å². The number of carbonyl (C=O) groups is 3. The first-order chi connectivity index (χ1) is 13.7. The maximum Gasteiger partial charge on any atom is 0.331 e. The quantitative estimate of drug-likeness (QED) is 0.549. The molecule has 154 valence electrons. The van der Waals surface area contributed by atoms with E-state index in [0.717, 1.165) is 11.3 Å². The summed E-state index contributed by atoms with van der Waals surface area (Å²) in [6.45, 7) is 4.65. The summed E-state index contributed by atoms with van der Waals surface area (Å²) in [4.78, 5) is 41.5. The molecule has 1 heterocycles. The van der Waals surface area contributed by atoms with E-state index in [0.29, 0.717) is 12.1 Å². The number of esters is 1. The van der Waals surface area contributed by atoms with Crippen molar-refractivity contribution in [2.24, 2.45) is 0 Å². The van der Waals surface area contributed by atoms with E-state index in [1.807, 2.05) is 0 Å². The number of halogens is 1. The zero-order chi connectivity index (χ0) is 21.6. The second-order valence-corrected chi connectivity index (χ2v) is 7.20. The minimum absolute atomic E-state index is 0.0967. The Morgan fingerprint density at radius 2 is 2.03 bits per heavy atom. The zero-order valence-corrected chi connectivity index (χ0v) is 17.4. The monoisotopic (exact) mass is 419 g/mol. The zero-order valence-electron chi connectivity index (χ0n) is 16.6. The van der Waals surface area contributed by atoms with Crippen LogP contribution in [0.2, 0.25) is 0 Å². The van der Waals surface area contributed by atoms with E-state index in [1.165, 1.54) is 49.3 Å². The third-order valence-electron chi connectivity index (χ3n) is 4.26. The van der Waals surface area contributed by atoms with Crippen molar-refractivity contribution in [2.75, 3.05) is 12.0 Å². The van der Waals surface area contributed by atoms with Crippen LogP contribution in [0.3, 0.4) is 0 Å². The molecule has 29 heavy (non-hydrogen) atoms. The van der Waals surface area contributed by atoms with E-state index in [9.17, 15) is 18.8 Å². The molecule has 0 spiro atoms. The van der Waals surface area contributed by atoms with Crippen LogP contribution in [-0.2, 0) is 19.1 Å². The molecule has 0 aliphatic heterocycles. The number of para-hydroxylation sites is 1. The van der Waals surface area contributed by atoms with E-state index in [2.05, 4.69) is 10.3 Å². The Hall–Kier alpha value is -3.07. The largest absolute Gasteiger partial charge is 0.467 e. The highest BCUT2D eigenvalue weighted by Crippen LogP contribution is 2.30. The smallest absolute Gasteiger partial charge is 0.331 e. The van der Waals surface area contributed by atoms with Crippen LogP contribution in [0.15, 0.2) is 35.7 Å². The molecule has 0 fully saturated rings. The summed E-state index contributed by atoms with van der Waals surface area (Å²) in [5.74, 6) is -1.97. The summed E-state index contributed by atoms with van der Waals surface area (Å²) in [7, 11) is 1.26. The van der Waals surface area contributed by atoms with Gasteiger partial charge in [0.15, 0.2) is 5.13 Å². The SMILES string of the molecule is CCC(C)(NC(=O)/C=C/c1csc(N(C(C)=O)c2ccccc2F)n1)C(=O)OC. The molecule has 7 nitrogen and oxygen atoms in total. The normalized spacial score (nSPS) is 13.0. The molecule has 0 bridgehead atoms. The molecule has 1 N–H and O–H groups in total. The van der Waals surface area contributed by atoms with Crippen LogP contribution in [0.5, 0.6) is 0 Å². The van der Waals surface area contributed by atoms with Gasteiger partial charge in [-0.1, -0.05) is 19.1 Å².